The van der Waals surface area contributed by atoms with Gasteiger partial charge in [-0.25, -0.2) is 8.42 Å². The van der Waals surface area contributed by atoms with E-state index in [0.29, 0.717) is 5.95 Å². The number of aryl methyl sites for hydroxylation is 1. The molecule has 0 unspecified atom stereocenters. The first-order valence-electron chi connectivity index (χ1n) is 6.82. The standard InChI is InChI=1S/C14H19N5O3S/c1-10-5-7-11(8-6-10)23(20,21)9-15-12-16-13(19(2)3)18-14(17-12)22-4/h5-8H,9H2,1-4H3,(H,15,16,17,18). The van der Waals surface area contributed by atoms with Crippen molar-refractivity contribution in [3.63, 3.8) is 0 Å². The Morgan fingerprint density at radius 1 is 1.13 bits per heavy atom. The molecule has 1 aromatic heterocycles. The summed E-state index contributed by atoms with van der Waals surface area (Å²) in [4.78, 5) is 14.1. The molecule has 1 heterocycles. The highest BCUT2D eigenvalue weighted by molar-refractivity contribution is 7.91. The lowest BCUT2D eigenvalue weighted by molar-refractivity contribution is 0.379. The quantitative estimate of drug-likeness (QED) is 0.837. The number of anilines is 2. The normalized spacial score (nSPS) is 11.1. The number of nitrogens with zero attached hydrogens (tertiary/aromatic N) is 4. The lowest BCUT2D eigenvalue weighted by atomic mass is 10.2. The van der Waals surface area contributed by atoms with Crippen LogP contribution < -0.4 is 15.0 Å². The minimum atomic E-state index is -3.49. The molecule has 0 radical (unpaired) electrons. The summed E-state index contributed by atoms with van der Waals surface area (Å²) in [7, 11) is 1.47. The molecule has 0 aliphatic carbocycles. The minimum absolute atomic E-state index is 0.110. The second-order valence-corrected chi connectivity index (χ2v) is 7.08. The van der Waals surface area contributed by atoms with Gasteiger partial charge in [0.2, 0.25) is 11.9 Å². The third kappa shape index (κ3) is 4.28. The summed E-state index contributed by atoms with van der Waals surface area (Å²) < 4.78 is 29.6. The molecule has 9 heteroatoms. The highest BCUT2D eigenvalue weighted by Crippen LogP contribution is 2.15. The van der Waals surface area contributed by atoms with Crippen LogP contribution in [0.2, 0.25) is 0 Å². The fourth-order valence-corrected chi connectivity index (χ4v) is 2.74. The van der Waals surface area contributed by atoms with E-state index >= 15 is 0 Å². The second-order valence-electron chi connectivity index (χ2n) is 5.09. The van der Waals surface area contributed by atoms with Crippen LogP contribution in [0.1, 0.15) is 5.56 Å². The smallest absolute Gasteiger partial charge is 0.322 e. The van der Waals surface area contributed by atoms with Gasteiger partial charge in [-0.15, -0.1) is 0 Å². The van der Waals surface area contributed by atoms with Crippen LogP contribution in [0.5, 0.6) is 6.01 Å². The summed E-state index contributed by atoms with van der Waals surface area (Å²) in [6.07, 6.45) is 0. The molecule has 0 aliphatic heterocycles. The van der Waals surface area contributed by atoms with E-state index < -0.39 is 9.84 Å². The summed E-state index contributed by atoms with van der Waals surface area (Å²) >= 11 is 0. The number of hydrogen-bond donors (Lipinski definition) is 1. The first kappa shape index (κ1) is 16.9. The van der Waals surface area contributed by atoms with E-state index in [9.17, 15) is 8.42 Å². The lowest BCUT2D eigenvalue weighted by Gasteiger charge is -2.13. The van der Waals surface area contributed by atoms with Gasteiger partial charge in [0, 0.05) is 14.1 Å². The predicted octanol–water partition coefficient (Wildman–Crippen LogP) is 1.10. The van der Waals surface area contributed by atoms with Gasteiger partial charge in [-0.1, -0.05) is 17.7 Å². The molecular weight excluding hydrogens is 318 g/mol. The van der Waals surface area contributed by atoms with Crippen molar-refractivity contribution in [3.8, 4) is 6.01 Å². The average molecular weight is 337 g/mol. The van der Waals surface area contributed by atoms with Gasteiger partial charge >= 0.3 is 6.01 Å². The molecule has 0 atom stereocenters. The Kier molecular flexibility index (Phi) is 4.99. The van der Waals surface area contributed by atoms with Gasteiger partial charge in [0.15, 0.2) is 9.84 Å². The molecule has 2 aromatic rings. The topological polar surface area (TPSA) is 97.3 Å². The summed E-state index contributed by atoms with van der Waals surface area (Å²) in [5.74, 6) is 0.180. The maximum atomic E-state index is 12.3. The maximum Gasteiger partial charge on any atom is 0.322 e. The van der Waals surface area contributed by atoms with Crippen molar-refractivity contribution in [2.75, 3.05) is 37.3 Å². The number of hydrogen-bond acceptors (Lipinski definition) is 8. The molecule has 0 bridgehead atoms. The van der Waals surface area contributed by atoms with E-state index in [1.54, 1.807) is 43.3 Å². The van der Waals surface area contributed by atoms with Gasteiger partial charge in [-0.2, -0.15) is 15.0 Å². The van der Waals surface area contributed by atoms with Crippen LogP contribution in [0.3, 0.4) is 0 Å². The molecule has 0 aliphatic rings. The van der Waals surface area contributed by atoms with Crippen LogP contribution in [0.25, 0.3) is 0 Å². The summed E-state index contributed by atoms with van der Waals surface area (Å²) in [6.45, 7) is 1.90. The highest BCUT2D eigenvalue weighted by atomic mass is 32.2. The Morgan fingerprint density at radius 2 is 1.78 bits per heavy atom. The number of methoxy groups -OCH3 is 1. The van der Waals surface area contributed by atoms with E-state index in [-0.39, 0.29) is 22.7 Å². The van der Waals surface area contributed by atoms with Crippen LogP contribution in [0, 0.1) is 6.92 Å². The van der Waals surface area contributed by atoms with Crippen LogP contribution in [-0.4, -0.2) is 50.5 Å². The van der Waals surface area contributed by atoms with Gasteiger partial charge in [0.25, 0.3) is 0 Å². The zero-order chi connectivity index (χ0) is 17.0. The van der Waals surface area contributed by atoms with Crippen molar-refractivity contribution in [3.05, 3.63) is 29.8 Å². The van der Waals surface area contributed by atoms with Gasteiger partial charge in [-0.05, 0) is 19.1 Å². The van der Waals surface area contributed by atoms with Crippen molar-refractivity contribution < 1.29 is 13.2 Å². The maximum absolute atomic E-state index is 12.3. The van der Waals surface area contributed by atoms with Crippen LogP contribution in [0.4, 0.5) is 11.9 Å². The zero-order valence-electron chi connectivity index (χ0n) is 13.4. The van der Waals surface area contributed by atoms with Crippen molar-refractivity contribution >= 4 is 21.7 Å². The highest BCUT2D eigenvalue weighted by Gasteiger charge is 2.16. The van der Waals surface area contributed by atoms with Gasteiger partial charge < -0.3 is 15.0 Å². The van der Waals surface area contributed by atoms with Crippen LogP contribution >= 0.6 is 0 Å². The molecule has 124 valence electrons. The second kappa shape index (κ2) is 6.78. The fraction of sp³-hybridized carbons (Fsp3) is 0.357. The summed E-state index contributed by atoms with van der Waals surface area (Å²) in [5.41, 5.74) is 0.995. The van der Waals surface area contributed by atoms with E-state index in [4.69, 9.17) is 4.74 Å². The molecule has 1 aromatic carbocycles. The van der Waals surface area contributed by atoms with E-state index in [1.807, 2.05) is 6.92 Å². The summed E-state index contributed by atoms with van der Waals surface area (Å²) in [5, 5.41) is 2.71. The van der Waals surface area contributed by atoms with E-state index in [2.05, 4.69) is 20.3 Å². The number of rotatable bonds is 6. The first-order valence-corrected chi connectivity index (χ1v) is 8.48. The van der Waals surface area contributed by atoms with Crippen LogP contribution in [-0.2, 0) is 9.84 Å². The summed E-state index contributed by atoms with van der Waals surface area (Å²) in [6, 6.07) is 6.77. The number of nitrogens with one attached hydrogen (secondary N) is 1. The average Bonchev–Trinajstić information content (AvgIpc) is 2.53. The molecule has 0 saturated heterocycles. The molecular formula is C14H19N5O3S. The number of ether oxygens (including phenoxy) is 1. The Labute approximate surface area is 135 Å². The third-order valence-corrected chi connectivity index (χ3v) is 4.50. The molecule has 1 N–H and O–H groups in total. The van der Waals surface area contributed by atoms with Crippen molar-refractivity contribution in [1.29, 1.82) is 0 Å². The molecule has 0 spiro atoms. The zero-order valence-corrected chi connectivity index (χ0v) is 14.3. The van der Waals surface area contributed by atoms with Gasteiger partial charge in [-0.3, -0.25) is 0 Å². The molecule has 0 fully saturated rings. The largest absolute Gasteiger partial charge is 0.467 e. The lowest BCUT2D eigenvalue weighted by Crippen LogP contribution is -2.19. The van der Waals surface area contributed by atoms with Gasteiger partial charge in [0.05, 0.1) is 12.0 Å². The van der Waals surface area contributed by atoms with E-state index in [1.165, 1.54) is 7.11 Å². The Bertz CT molecular complexity index is 775. The van der Waals surface area contributed by atoms with Crippen molar-refractivity contribution in [2.45, 2.75) is 11.8 Å². The Balaban J connectivity index is 2.19. The molecule has 23 heavy (non-hydrogen) atoms. The number of benzene rings is 1. The van der Waals surface area contributed by atoms with E-state index in [0.717, 1.165) is 5.56 Å². The third-order valence-electron chi connectivity index (χ3n) is 2.99. The first-order chi connectivity index (χ1) is 10.8. The molecule has 2 rings (SSSR count). The Morgan fingerprint density at radius 3 is 2.35 bits per heavy atom. The van der Waals surface area contributed by atoms with Crippen LogP contribution in [0.15, 0.2) is 29.2 Å². The molecule has 0 amide bonds. The fourth-order valence-electron chi connectivity index (χ4n) is 1.70. The monoisotopic (exact) mass is 337 g/mol. The minimum Gasteiger partial charge on any atom is -0.467 e. The molecule has 8 nitrogen and oxygen atoms in total. The van der Waals surface area contributed by atoms with Crippen molar-refractivity contribution in [1.82, 2.24) is 15.0 Å². The SMILES string of the molecule is COc1nc(NCS(=O)(=O)c2ccc(C)cc2)nc(N(C)C)n1. The molecule has 0 saturated carbocycles. The Hall–Kier alpha value is -2.42. The number of aromatic nitrogens is 3. The van der Waals surface area contributed by atoms with Gasteiger partial charge in [0.1, 0.15) is 5.88 Å². The number of sulfone groups is 1. The van der Waals surface area contributed by atoms with Crippen molar-refractivity contribution in [2.24, 2.45) is 0 Å². The predicted molar refractivity (Wildman–Crippen MR) is 87.6 cm³/mol.